The van der Waals surface area contributed by atoms with Crippen molar-refractivity contribution in [1.29, 1.82) is 0 Å². The van der Waals surface area contributed by atoms with Crippen LogP contribution in [-0.2, 0) is 6.54 Å². The molecule has 0 aliphatic carbocycles. The summed E-state index contributed by atoms with van der Waals surface area (Å²) in [6.07, 6.45) is 0. The number of benzene rings is 1. The van der Waals surface area contributed by atoms with Crippen molar-refractivity contribution in [2.45, 2.75) is 6.54 Å². The molecule has 1 heterocycles. The lowest BCUT2D eigenvalue weighted by atomic mass is 10.2. The van der Waals surface area contributed by atoms with E-state index < -0.39 is 0 Å². The molecule has 0 aliphatic rings. The van der Waals surface area contributed by atoms with Gasteiger partial charge in [-0.3, -0.25) is 0 Å². The molecule has 96 valence electrons. The summed E-state index contributed by atoms with van der Waals surface area (Å²) in [5, 5.41) is 3.27. The summed E-state index contributed by atoms with van der Waals surface area (Å²) in [4.78, 5) is 0. The number of halogens is 1. The number of hydrogen-bond acceptors (Lipinski definition) is 4. The number of rotatable bonds is 5. The van der Waals surface area contributed by atoms with E-state index in [2.05, 4.69) is 27.9 Å². The molecule has 1 aromatic heterocycles. The van der Waals surface area contributed by atoms with Crippen molar-refractivity contribution in [2.75, 3.05) is 19.5 Å². The third kappa shape index (κ3) is 3.10. The van der Waals surface area contributed by atoms with Gasteiger partial charge in [0.05, 0.1) is 20.8 Å². The molecule has 1 N–H and O–H groups in total. The minimum Gasteiger partial charge on any atom is -0.493 e. The summed E-state index contributed by atoms with van der Waals surface area (Å²) < 4.78 is 16.8. The van der Waals surface area contributed by atoms with Gasteiger partial charge in [-0.1, -0.05) is 0 Å². The Hall–Kier alpha value is -1.37. The Balaban J connectivity index is 2.05. The maximum Gasteiger partial charge on any atom is 0.164 e. The van der Waals surface area contributed by atoms with E-state index in [0.717, 1.165) is 21.0 Å². The maximum atomic E-state index is 5.47. The molecule has 0 fully saturated rings. The molecule has 0 atom stereocenters. The second-order valence-corrected chi connectivity index (χ2v) is 4.69. The molecule has 1 aromatic carbocycles. The van der Waals surface area contributed by atoms with Crippen LogP contribution in [0.4, 0.5) is 5.69 Å². The van der Waals surface area contributed by atoms with Crippen molar-refractivity contribution in [3.05, 3.63) is 39.9 Å². The second kappa shape index (κ2) is 5.99. The molecule has 0 aliphatic heterocycles. The van der Waals surface area contributed by atoms with Crippen molar-refractivity contribution in [3.63, 3.8) is 0 Å². The van der Waals surface area contributed by atoms with E-state index in [4.69, 9.17) is 13.9 Å². The Morgan fingerprint density at radius 3 is 2.50 bits per heavy atom. The molecule has 0 unspecified atom stereocenters. The first kappa shape index (κ1) is 13.1. The summed E-state index contributed by atoms with van der Waals surface area (Å²) in [5.41, 5.74) is 0.957. The van der Waals surface area contributed by atoms with E-state index >= 15 is 0 Å². The number of methoxy groups -OCH3 is 2. The first-order chi connectivity index (χ1) is 8.72. The zero-order chi connectivity index (χ0) is 13.0. The van der Waals surface area contributed by atoms with Crippen molar-refractivity contribution in [2.24, 2.45) is 0 Å². The molecule has 0 saturated carbocycles. The molecule has 0 spiro atoms. The normalized spacial score (nSPS) is 10.2. The third-order valence-electron chi connectivity index (χ3n) is 2.48. The summed E-state index contributed by atoms with van der Waals surface area (Å²) in [7, 11) is 3.24. The molecule has 0 amide bonds. The fraction of sp³-hybridized carbons (Fsp3) is 0.231. The zero-order valence-corrected chi connectivity index (χ0v) is 12.4. The van der Waals surface area contributed by atoms with Gasteiger partial charge in [-0.15, -0.1) is 0 Å². The van der Waals surface area contributed by atoms with E-state index in [-0.39, 0.29) is 0 Å². The Kier molecular flexibility index (Phi) is 4.35. The molecule has 0 saturated heterocycles. The van der Waals surface area contributed by atoms with Crippen LogP contribution in [-0.4, -0.2) is 14.2 Å². The quantitative estimate of drug-likeness (QED) is 0.830. The predicted molar refractivity (Wildman–Crippen MR) is 78.3 cm³/mol. The minimum absolute atomic E-state index is 0.637. The maximum absolute atomic E-state index is 5.47. The fourth-order valence-electron chi connectivity index (χ4n) is 1.58. The van der Waals surface area contributed by atoms with Crippen LogP contribution in [0.2, 0.25) is 0 Å². The van der Waals surface area contributed by atoms with E-state index in [9.17, 15) is 0 Å². The lowest BCUT2D eigenvalue weighted by Crippen LogP contribution is -1.99. The molecule has 18 heavy (non-hydrogen) atoms. The van der Waals surface area contributed by atoms with Gasteiger partial charge in [0, 0.05) is 11.8 Å². The number of hydrogen-bond donors (Lipinski definition) is 1. The van der Waals surface area contributed by atoms with Crippen LogP contribution in [0.15, 0.2) is 34.7 Å². The van der Waals surface area contributed by atoms with Gasteiger partial charge in [0.15, 0.2) is 15.3 Å². The highest BCUT2D eigenvalue weighted by Gasteiger charge is 2.05. The molecule has 4 nitrogen and oxygen atoms in total. The van der Waals surface area contributed by atoms with E-state index in [1.54, 1.807) is 14.2 Å². The van der Waals surface area contributed by atoms with E-state index in [0.29, 0.717) is 12.3 Å². The average molecular weight is 359 g/mol. The van der Waals surface area contributed by atoms with Gasteiger partial charge in [0.1, 0.15) is 5.76 Å². The van der Waals surface area contributed by atoms with Crippen LogP contribution in [0.25, 0.3) is 0 Å². The fourth-order valence-corrected chi connectivity index (χ4v) is 2.04. The first-order valence-corrected chi connectivity index (χ1v) is 6.51. The van der Waals surface area contributed by atoms with Crippen LogP contribution in [0.1, 0.15) is 5.76 Å². The topological polar surface area (TPSA) is 43.6 Å². The van der Waals surface area contributed by atoms with Crippen LogP contribution in [0, 0.1) is 3.77 Å². The van der Waals surface area contributed by atoms with Crippen LogP contribution >= 0.6 is 22.6 Å². The molecular formula is C13H14INO3. The van der Waals surface area contributed by atoms with Crippen molar-refractivity contribution in [1.82, 2.24) is 0 Å². The second-order valence-electron chi connectivity index (χ2n) is 3.63. The molecule has 0 bridgehead atoms. The molecular weight excluding hydrogens is 345 g/mol. The summed E-state index contributed by atoms with van der Waals surface area (Å²) in [6, 6.07) is 9.59. The standard InChI is InChI=1S/C13H14INO3/c1-16-11-5-3-9(7-12(11)17-2)15-8-10-4-6-13(14)18-10/h3-7,15H,8H2,1-2H3. The lowest BCUT2D eigenvalue weighted by molar-refractivity contribution is 0.355. The highest BCUT2D eigenvalue weighted by molar-refractivity contribution is 14.1. The number of ether oxygens (including phenoxy) is 2. The van der Waals surface area contributed by atoms with Gasteiger partial charge in [-0.25, -0.2) is 0 Å². The largest absolute Gasteiger partial charge is 0.493 e. The SMILES string of the molecule is COc1ccc(NCc2ccc(I)o2)cc1OC. The van der Waals surface area contributed by atoms with Crippen LogP contribution < -0.4 is 14.8 Å². The Bertz CT molecular complexity index is 525. The van der Waals surface area contributed by atoms with E-state index in [1.165, 1.54) is 0 Å². The molecule has 5 heteroatoms. The Morgan fingerprint density at radius 2 is 1.89 bits per heavy atom. The monoisotopic (exact) mass is 359 g/mol. The van der Waals surface area contributed by atoms with Crippen molar-refractivity contribution >= 4 is 28.3 Å². The highest BCUT2D eigenvalue weighted by atomic mass is 127. The zero-order valence-electron chi connectivity index (χ0n) is 10.2. The Labute approximate surface area is 119 Å². The predicted octanol–water partition coefficient (Wildman–Crippen LogP) is 3.51. The van der Waals surface area contributed by atoms with Gasteiger partial charge in [-0.2, -0.15) is 0 Å². The summed E-state index contributed by atoms with van der Waals surface area (Å²) in [6.45, 7) is 0.637. The summed E-state index contributed by atoms with van der Waals surface area (Å²) in [5.74, 6) is 2.32. The van der Waals surface area contributed by atoms with Gasteiger partial charge < -0.3 is 19.2 Å². The Morgan fingerprint density at radius 1 is 1.11 bits per heavy atom. The van der Waals surface area contributed by atoms with Crippen LogP contribution in [0.3, 0.4) is 0 Å². The number of anilines is 1. The third-order valence-corrected chi connectivity index (χ3v) is 3.06. The summed E-state index contributed by atoms with van der Waals surface area (Å²) >= 11 is 2.14. The van der Waals surface area contributed by atoms with Crippen LogP contribution in [0.5, 0.6) is 11.5 Å². The minimum atomic E-state index is 0.637. The van der Waals surface area contributed by atoms with E-state index in [1.807, 2.05) is 30.3 Å². The number of nitrogens with one attached hydrogen (secondary N) is 1. The molecule has 2 aromatic rings. The lowest BCUT2D eigenvalue weighted by Gasteiger charge is -2.10. The smallest absolute Gasteiger partial charge is 0.164 e. The molecule has 2 rings (SSSR count). The highest BCUT2D eigenvalue weighted by Crippen LogP contribution is 2.29. The number of furan rings is 1. The van der Waals surface area contributed by atoms with Gasteiger partial charge >= 0.3 is 0 Å². The first-order valence-electron chi connectivity index (χ1n) is 5.43. The van der Waals surface area contributed by atoms with Gasteiger partial charge in [-0.05, 0) is 46.9 Å². The average Bonchev–Trinajstić information content (AvgIpc) is 2.81. The molecule has 0 radical (unpaired) electrons. The van der Waals surface area contributed by atoms with Gasteiger partial charge in [0.25, 0.3) is 0 Å². The van der Waals surface area contributed by atoms with Crippen molar-refractivity contribution in [3.8, 4) is 11.5 Å². The van der Waals surface area contributed by atoms with Gasteiger partial charge in [0.2, 0.25) is 0 Å². The van der Waals surface area contributed by atoms with Crippen molar-refractivity contribution < 1.29 is 13.9 Å².